The fourth-order valence-corrected chi connectivity index (χ4v) is 2.48. The summed E-state index contributed by atoms with van der Waals surface area (Å²) >= 11 is 0. The number of carbonyl (C=O) groups excluding carboxylic acids is 1. The van der Waals surface area contributed by atoms with Crippen LogP contribution in [0, 0.1) is 5.82 Å². The molecule has 0 bridgehead atoms. The van der Waals surface area contributed by atoms with Gasteiger partial charge in [-0.1, -0.05) is 12.1 Å². The van der Waals surface area contributed by atoms with Crippen molar-refractivity contribution in [3.05, 3.63) is 53.5 Å². The lowest BCUT2D eigenvalue weighted by Gasteiger charge is -2.13. The standard InChI is InChI=1S/C15H14FNO6S/c1-24(21,22)13-7-6-12(23-13)14(18)17-11(15(19)20)8-9-2-4-10(16)5-3-9/h2-7,11H,8H2,1H3,(H,17,18)(H,19,20). The number of rotatable bonds is 6. The van der Waals surface area contributed by atoms with E-state index in [1.165, 1.54) is 24.3 Å². The third-order valence-corrected chi connectivity index (χ3v) is 4.08. The molecular weight excluding hydrogens is 341 g/mol. The molecule has 0 aliphatic carbocycles. The fourth-order valence-electron chi connectivity index (χ4n) is 1.93. The number of aliphatic carboxylic acids is 1. The van der Waals surface area contributed by atoms with E-state index in [9.17, 15) is 27.5 Å². The predicted octanol–water partition coefficient (Wildman–Crippen LogP) is 1.25. The zero-order chi connectivity index (χ0) is 17.9. The van der Waals surface area contributed by atoms with Crippen LogP contribution in [0.2, 0.25) is 0 Å². The summed E-state index contributed by atoms with van der Waals surface area (Å²) in [7, 11) is -3.61. The number of nitrogens with one attached hydrogen (secondary N) is 1. The Hall–Kier alpha value is -2.68. The van der Waals surface area contributed by atoms with E-state index in [1.807, 2.05) is 0 Å². The summed E-state index contributed by atoms with van der Waals surface area (Å²) in [5, 5.41) is 11.1. The average Bonchev–Trinajstić information content (AvgIpc) is 2.98. The van der Waals surface area contributed by atoms with Gasteiger partial charge in [0.15, 0.2) is 5.76 Å². The smallest absolute Gasteiger partial charge is 0.326 e. The Labute approximate surface area is 137 Å². The molecule has 1 atom stereocenters. The van der Waals surface area contributed by atoms with E-state index in [0.29, 0.717) is 5.56 Å². The van der Waals surface area contributed by atoms with E-state index in [4.69, 9.17) is 4.42 Å². The molecule has 7 nitrogen and oxygen atoms in total. The van der Waals surface area contributed by atoms with Crippen molar-refractivity contribution in [2.45, 2.75) is 17.6 Å². The predicted molar refractivity (Wildman–Crippen MR) is 80.8 cm³/mol. The first-order chi connectivity index (χ1) is 11.2. The summed E-state index contributed by atoms with van der Waals surface area (Å²) in [5.74, 6) is -2.93. The highest BCUT2D eigenvalue weighted by molar-refractivity contribution is 7.90. The number of carbonyl (C=O) groups is 2. The van der Waals surface area contributed by atoms with Gasteiger partial charge < -0.3 is 14.8 Å². The number of benzene rings is 1. The lowest BCUT2D eigenvalue weighted by atomic mass is 10.1. The van der Waals surface area contributed by atoms with Gasteiger partial charge in [0, 0.05) is 12.7 Å². The highest BCUT2D eigenvalue weighted by Gasteiger charge is 2.24. The van der Waals surface area contributed by atoms with Crippen molar-refractivity contribution in [1.29, 1.82) is 0 Å². The van der Waals surface area contributed by atoms with Crippen molar-refractivity contribution in [3.8, 4) is 0 Å². The Bertz CT molecular complexity index is 856. The number of sulfone groups is 1. The van der Waals surface area contributed by atoms with Crippen LogP contribution >= 0.6 is 0 Å². The van der Waals surface area contributed by atoms with Gasteiger partial charge in [-0.3, -0.25) is 4.79 Å². The molecule has 9 heteroatoms. The van der Waals surface area contributed by atoms with Gasteiger partial charge in [-0.2, -0.15) is 0 Å². The van der Waals surface area contributed by atoms with Crippen LogP contribution in [0.1, 0.15) is 16.1 Å². The fraction of sp³-hybridized carbons (Fsp3) is 0.200. The highest BCUT2D eigenvalue weighted by Crippen LogP contribution is 2.14. The second-order valence-corrected chi connectivity index (χ2v) is 7.03. The van der Waals surface area contributed by atoms with Crippen LogP contribution in [-0.4, -0.2) is 37.7 Å². The second kappa shape index (κ2) is 6.83. The zero-order valence-electron chi connectivity index (χ0n) is 12.5. The Morgan fingerprint density at radius 1 is 1.21 bits per heavy atom. The van der Waals surface area contributed by atoms with E-state index in [1.54, 1.807) is 0 Å². The maximum Gasteiger partial charge on any atom is 0.326 e. The first kappa shape index (κ1) is 17.7. The largest absolute Gasteiger partial charge is 0.480 e. The minimum atomic E-state index is -3.61. The Morgan fingerprint density at radius 2 is 1.83 bits per heavy atom. The summed E-state index contributed by atoms with van der Waals surface area (Å²) in [6, 6.07) is 6.15. The topological polar surface area (TPSA) is 114 Å². The van der Waals surface area contributed by atoms with E-state index in [-0.39, 0.29) is 12.2 Å². The molecule has 0 aliphatic heterocycles. The molecule has 1 unspecified atom stereocenters. The maximum absolute atomic E-state index is 12.9. The van der Waals surface area contributed by atoms with E-state index in [2.05, 4.69) is 5.32 Å². The molecule has 1 heterocycles. The molecule has 2 aromatic rings. The van der Waals surface area contributed by atoms with Gasteiger partial charge in [0.1, 0.15) is 11.9 Å². The monoisotopic (exact) mass is 355 g/mol. The van der Waals surface area contributed by atoms with Crippen molar-refractivity contribution in [2.75, 3.05) is 6.26 Å². The first-order valence-electron chi connectivity index (χ1n) is 6.75. The summed E-state index contributed by atoms with van der Waals surface area (Å²) in [5.41, 5.74) is 0.514. The molecular formula is C15H14FNO6S. The van der Waals surface area contributed by atoms with E-state index >= 15 is 0 Å². The number of hydrogen-bond acceptors (Lipinski definition) is 5. The van der Waals surface area contributed by atoms with Crippen LogP contribution in [0.4, 0.5) is 4.39 Å². The number of hydrogen-bond donors (Lipinski definition) is 2. The van der Waals surface area contributed by atoms with Crippen molar-refractivity contribution >= 4 is 21.7 Å². The Balaban J connectivity index is 2.12. The molecule has 1 aromatic carbocycles. The third kappa shape index (κ3) is 4.42. The molecule has 1 aromatic heterocycles. The van der Waals surface area contributed by atoms with E-state index < -0.39 is 38.7 Å². The quantitative estimate of drug-likeness (QED) is 0.806. The van der Waals surface area contributed by atoms with Crippen molar-refractivity contribution in [1.82, 2.24) is 5.32 Å². The number of amides is 1. The second-order valence-electron chi connectivity index (χ2n) is 5.09. The van der Waals surface area contributed by atoms with Crippen LogP contribution in [0.3, 0.4) is 0 Å². The summed E-state index contributed by atoms with van der Waals surface area (Å²) in [4.78, 5) is 23.3. The minimum absolute atomic E-state index is 0.0685. The van der Waals surface area contributed by atoms with E-state index in [0.717, 1.165) is 18.4 Å². The molecule has 0 fully saturated rings. The van der Waals surface area contributed by atoms with Gasteiger partial charge in [-0.25, -0.2) is 17.6 Å². The van der Waals surface area contributed by atoms with Gasteiger partial charge in [0.25, 0.3) is 5.91 Å². The van der Waals surface area contributed by atoms with Gasteiger partial charge in [0.2, 0.25) is 14.9 Å². The summed E-state index contributed by atoms with van der Waals surface area (Å²) in [6.45, 7) is 0. The minimum Gasteiger partial charge on any atom is -0.480 e. The Kier molecular flexibility index (Phi) is 5.03. The molecule has 0 saturated heterocycles. The number of halogens is 1. The third-order valence-electron chi connectivity index (χ3n) is 3.13. The maximum atomic E-state index is 12.9. The normalized spacial score (nSPS) is 12.6. The van der Waals surface area contributed by atoms with Gasteiger partial charge >= 0.3 is 5.97 Å². The van der Waals surface area contributed by atoms with Crippen molar-refractivity contribution in [3.63, 3.8) is 0 Å². The van der Waals surface area contributed by atoms with Crippen molar-refractivity contribution in [2.24, 2.45) is 0 Å². The van der Waals surface area contributed by atoms with Crippen LogP contribution < -0.4 is 5.32 Å². The molecule has 128 valence electrons. The summed E-state index contributed by atoms with van der Waals surface area (Å²) in [6.07, 6.45) is 0.850. The molecule has 0 aliphatic rings. The molecule has 0 saturated carbocycles. The first-order valence-corrected chi connectivity index (χ1v) is 8.64. The lowest BCUT2D eigenvalue weighted by molar-refractivity contribution is -0.139. The van der Waals surface area contributed by atoms with Crippen LogP contribution in [-0.2, 0) is 21.1 Å². The van der Waals surface area contributed by atoms with Gasteiger partial charge in [0.05, 0.1) is 0 Å². The molecule has 2 rings (SSSR count). The molecule has 0 spiro atoms. The number of carboxylic acids is 1. The highest BCUT2D eigenvalue weighted by atomic mass is 32.2. The molecule has 0 radical (unpaired) electrons. The van der Waals surface area contributed by atoms with Crippen LogP contribution in [0.25, 0.3) is 0 Å². The molecule has 1 amide bonds. The van der Waals surface area contributed by atoms with Crippen LogP contribution in [0.5, 0.6) is 0 Å². The SMILES string of the molecule is CS(=O)(=O)c1ccc(C(=O)NC(Cc2ccc(F)cc2)C(=O)O)o1. The van der Waals surface area contributed by atoms with Crippen LogP contribution in [0.15, 0.2) is 45.9 Å². The number of furan rings is 1. The lowest BCUT2D eigenvalue weighted by Crippen LogP contribution is -2.42. The molecule has 2 N–H and O–H groups in total. The molecule has 24 heavy (non-hydrogen) atoms. The zero-order valence-corrected chi connectivity index (χ0v) is 13.3. The van der Waals surface area contributed by atoms with Gasteiger partial charge in [-0.05, 0) is 29.8 Å². The van der Waals surface area contributed by atoms with Crippen molar-refractivity contribution < 1.29 is 31.9 Å². The number of carboxylic acid groups (broad SMARTS) is 1. The average molecular weight is 355 g/mol. The Morgan fingerprint density at radius 3 is 2.33 bits per heavy atom. The van der Waals surface area contributed by atoms with Gasteiger partial charge in [-0.15, -0.1) is 0 Å². The summed E-state index contributed by atoms with van der Waals surface area (Å²) < 4.78 is 40.4.